The zero-order valence-electron chi connectivity index (χ0n) is 15.4. The average molecular weight is 443 g/mol. The van der Waals surface area contributed by atoms with Gasteiger partial charge in [0.1, 0.15) is 0 Å². The summed E-state index contributed by atoms with van der Waals surface area (Å²) in [6, 6.07) is 11.1. The minimum Gasteiger partial charge on any atom is -0.493 e. The maximum atomic E-state index is 12.1. The van der Waals surface area contributed by atoms with Gasteiger partial charge in [-0.25, -0.2) is 0 Å². The fourth-order valence-electron chi connectivity index (χ4n) is 2.70. The van der Waals surface area contributed by atoms with Gasteiger partial charge in [0, 0.05) is 28.4 Å². The Morgan fingerprint density at radius 1 is 1.14 bits per heavy atom. The van der Waals surface area contributed by atoms with Crippen molar-refractivity contribution in [3.8, 4) is 5.88 Å². The molecule has 0 aliphatic rings. The fraction of sp³-hybridized carbons (Fsp3) is 0.200. The SMILES string of the molecule is Cc1ccc(C)c(NC(=O)CCC(=O)N=Nc2c(O)[nH]c3ccc(Br)cc23)c1. The monoisotopic (exact) mass is 442 g/mol. The Kier molecular flexibility index (Phi) is 5.89. The summed E-state index contributed by atoms with van der Waals surface area (Å²) in [6.07, 6.45) is -0.0797. The number of aromatic hydroxyl groups is 1. The molecule has 28 heavy (non-hydrogen) atoms. The lowest BCUT2D eigenvalue weighted by Gasteiger charge is -2.08. The quantitative estimate of drug-likeness (QED) is 0.467. The highest BCUT2D eigenvalue weighted by Crippen LogP contribution is 2.36. The molecular weight excluding hydrogens is 424 g/mol. The number of rotatable bonds is 5. The van der Waals surface area contributed by atoms with E-state index in [0.717, 1.165) is 21.3 Å². The highest BCUT2D eigenvalue weighted by Gasteiger charge is 2.12. The Bertz CT molecular complexity index is 1090. The second kappa shape index (κ2) is 8.35. The lowest BCUT2D eigenvalue weighted by atomic mass is 10.1. The lowest BCUT2D eigenvalue weighted by Crippen LogP contribution is -2.13. The number of amides is 2. The van der Waals surface area contributed by atoms with Gasteiger partial charge in [0.15, 0.2) is 5.69 Å². The van der Waals surface area contributed by atoms with E-state index in [9.17, 15) is 14.7 Å². The Balaban J connectivity index is 1.61. The van der Waals surface area contributed by atoms with Crippen molar-refractivity contribution >= 4 is 50.0 Å². The first-order valence-electron chi connectivity index (χ1n) is 8.65. The lowest BCUT2D eigenvalue weighted by molar-refractivity contribution is -0.122. The maximum Gasteiger partial charge on any atom is 0.265 e. The van der Waals surface area contributed by atoms with Crippen LogP contribution in [0.3, 0.4) is 0 Å². The summed E-state index contributed by atoms with van der Waals surface area (Å²) >= 11 is 3.35. The summed E-state index contributed by atoms with van der Waals surface area (Å²) in [6.45, 7) is 3.85. The van der Waals surface area contributed by atoms with Crippen molar-refractivity contribution in [2.24, 2.45) is 10.2 Å². The molecule has 0 radical (unpaired) electrons. The number of carbonyl (C=O) groups is 2. The van der Waals surface area contributed by atoms with Gasteiger partial charge < -0.3 is 15.4 Å². The van der Waals surface area contributed by atoms with Gasteiger partial charge in [-0.05, 0) is 49.2 Å². The van der Waals surface area contributed by atoms with Crippen molar-refractivity contribution in [1.82, 2.24) is 4.98 Å². The van der Waals surface area contributed by atoms with Gasteiger partial charge in [0.2, 0.25) is 11.8 Å². The van der Waals surface area contributed by atoms with Gasteiger partial charge in [0.25, 0.3) is 5.91 Å². The van der Waals surface area contributed by atoms with Gasteiger partial charge in [-0.1, -0.05) is 28.1 Å². The average Bonchev–Trinajstić information content (AvgIpc) is 2.95. The highest BCUT2D eigenvalue weighted by atomic mass is 79.9. The number of fused-ring (bicyclic) bond motifs is 1. The Morgan fingerprint density at radius 3 is 2.71 bits per heavy atom. The first-order chi connectivity index (χ1) is 13.3. The van der Waals surface area contributed by atoms with Crippen LogP contribution in [-0.4, -0.2) is 21.9 Å². The number of H-pyrrole nitrogens is 1. The van der Waals surface area contributed by atoms with Crippen LogP contribution in [0.5, 0.6) is 5.88 Å². The van der Waals surface area contributed by atoms with Gasteiger partial charge in [0.05, 0.1) is 5.52 Å². The first-order valence-corrected chi connectivity index (χ1v) is 9.44. The maximum absolute atomic E-state index is 12.1. The van der Waals surface area contributed by atoms with E-state index in [0.29, 0.717) is 10.9 Å². The molecule has 0 saturated carbocycles. The van der Waals surface area contributed by atoms with Crippen LogP contribution in [0.1, 0.15) is 24.0 Å². The Morgan fingerprint density at radius 2 is 1.93 bits per heavy atom. The number of hydrogen-bond donors (Lipinski definition) is 3. The molecule has 0 unspecified atom stereocenters. The normalized spacial score (nSPS) is 11.2. The Hall–Kier alpha value is -3.00. The van der Waals surface area contributed by atoms with E-state index < -0.39 is 5.91 Å². The van der Waals surface area contributed by atoms with Crippen molar-refractivity contribution in [3.63, 3.8) is 0 Å². The number of azo groups is 1. The fourth-order valence-corrected chi connectivity index (χ4v) is 3.06. The summed E-state index contributed by atoms with van der Waals surface area (Å²) in [4.78, 5) is 26.9. The molecule has 8 heteroatoms. The predicted octanol–water partition coefficient (Wildman–Crippen LogP) is 5.28. The van der Waals surface area contributed by atoms with Gasteiger partial charge in [-0.2, -0.15) is 0 Å². The molecule has 2 amide bonds. The van der Waals surface area contributed by atoms with Gasteiger partial charge in [-0.15, -0.1) is 10.2 Å². The second-order valence-corrected chi connectivity index (χ2v) is 7.39. The van der Waals surface area contributed by atoms with E-state index in [-0.39, 0.29) is 30.3 Å². The third kappa shape index (κ3) is 4.64. The number of aromatic amines is 1. The van der Waals surface area contributed by atoms with Crippen LogP contribution in [0, 0.1) is 13.8 Å². The van der Waals surface area contributed by atoms with Crippen molar-refractivity contribution < 1.29 is 14.7 Å². The van der Waals surface area contributed by atoms with Crippen LogP contribution in [-0.2, 0) is 9.59 Å². The topological polar surface area (TPSA) is 107 Å². The summed E-state index contributed by atoms with van der Waals surface area (Å²) < 4.78 is 0.810. The van der Waals surface area contributed by atoms with E-state index in [1.165, 1.54) is 0 Å². The minimum absolute atomic E-state index is 0.00332. The molecule has 0 atom stereocenters. The van der Waals surface area contributed by atoms with Crippen LogP contribution in [0.15, 0.2) is 51.1 Å². The first kappa shape index (κ1) is 19.8. The van der Waals surface area contributed by atoms with Crippen LogP contribution >= 0.6 is 15.9 Å². The summed E-state index contributed by atoms with van der Waals surface area (Å²) in [5, 5.41) is 20.9. The highest BCUT2D eigenvalue weighted by molar-refractivity contribution is 9.10. The number of aromatic nitrogens is 1. The minimum atomic E-state index is -0.542. The van der Waals surface area contributed by atoms with Crippen molar-refractivity contribution in [1.29, 1.82) is 0 Å². The van der Waals surface area contributed by atoms with E-state index >= 15 is 0 Å². The largest absolute Gasteiger partial charge is 0.493 e. The zero-order valence-corrected chi connectivity index (χ0v) is 17.0. The standard InChI is InChI=1S/C20H19BrN4O3/c1-11-3-4-12(2)16(9-11)22-17(26)7-8-18(27)24-25-19-14-10-13(21)5-6-15(14)23-20(19)28/h3-6,9-10,23,28H,7-8H2,1-2H3,(H,22,26). The molecule has 1 heterocycles. The molecule has 0 spiro atoms. The van der Waals surface area contributed by atoms with Crippen LogP contribution in [0.2, 0.25) is 0 Å². The predicted molar refractivity (Wildman–Crippen MR) is 111 cm³/mol. The molecule has 0 saturated heterocycles. The molecular formula is C20H19BrN4O3. The third-order valence-corrected chi connectivity index (χ3v) is 4.70. The molecule has 144 valence electrons. The number of carbonyl (C=O) groups excluding carboxylic acids is 2. The molecule has 0 bridgehead atoms. The smallest absolute Gasteiger partial charge is 0.265 e. The molecule has 7 nitrogen and oxygen atoms in total. The number of benzene rings is 2. The van der Waals surface area contributed by atoms with E-state index in [2.05, 4.69) is 36.5 Å². The van der Waals surface area contributed by atoms with Crippen molar-refractivity contribution in [2.45, 2.75) is 26.7 Å². The number of nitrogens with zero attached hydrogens (tertiary/aromatic N) is 2. The number of nitrogens with one attached hydrogen (secondary N) is 2. The number of hydrogen-bond acceptors (Lipinski definition) is 4. The van der Waals surface area contributed by atoms with Crippen LogP contribution in [0.4, 0.5) is 11.4 Å². The number of aryl methyl sites for hydroxylation is 2. The number of anilines is 1. The van der Waals surface area contributed by atoms with E-state index in [1.54, 1.807) is 12.1 Å². The molecule has 0 fully saturated rings. The summed E-state index contributed by atoms with van der Waals surface area (Å²) in [5.41, 5.74) is 3.58. The molecule has 0 aliphatic heterocycles. The molecule has 0 aliphatic carbocycles. The van der Waals surface area contributed by atoms with Crippen molar-refractivity contribution in [2.75, 3.05) is 5.32 Å². The molecule has 2 aromatic carbocycles. The van der Waals surface area contributed by atoms with Gasteiger partial charge >= 0.3 is 0 Å². The molecule has 3 rings (SSSR count). The molecule has 3 N–H and O–H groups in total. The molecule has 3 aromatic rings. The second-order valence-electron chi connectivity index (χ2n) is 6.47. The van der Waals surface area contributed by atoms with Crippen LogP contribution < -0.4 is 5.32 Å². The van der Waals surface area contributed by atoms with Gasteiger partial charge in [-0.3, -0.25) is 9.59 Å². The van der Waals surface area contributed by atoms with E-state index in [4.69, 9.17) is 0 Å². The Labute approximate surface area is 170 Å². The number of halogens is 1. The van der Waals surface area contributed by atoms with E-state index in [1.807, 2.05) is 38.1 Å². The molecule has 1 aromatic heterocycles. The third-order valence-electron chi connectivity index (χ3n) is 4.21. The zero-order chi connectivity index (χ0) is 20.3. The summed E-state index contributed by atoms with van der Waals surface area (Å²) in [7, 11) is 0. The summed E-state index contributed by atoms with van der Waals surface area (Å²) in [5.74, 6) is -0.978. The van der Waals surface area contributed by atoms with Crippen molar-refractivity contribution in [3.05, 3.63) is 52.0 Å². The van der Waals surface area contributed by atoms with Crippen LogP contribution in [0.25, 0.3) is 10.9 Å².